The van der Waals surface area contributed by atoms with Crippen LogP contribution in [0, 0.1) is 0 Å². The predicted octanol–water partition coefficient (Wildman–Crippen LogP) is 3.88. The molecule has 0 spiro atoms. The van der Waals surface area contributed by atoms with Gasteiger partial charge in [-0.2, -0.15) is 0 Å². The number of halogens is 2. The molecule has 0 amide bonds. The summed E-state index contributed by atoms with van der Waals surface area (Å²) in [5.41, 5.74) is 0.861. The van der Waals surface area contributed by atoms with Crippen molar-refractivity contribution in [1.29, 1.82) is 0 Å². The molecule has 0 saturated carbocycles. The summed E-state index contributed by atoms with van der Waals surface area (Å²) in [5, 5.41) is 10.4. The molecule has 0 radical (unpaired) electrons. The van der Waals surface area contributed by atoms with Gasteiger partial charge in [0.05, 0.1) is 5.69 Å². The van der Waals surface area contributed by atoms with Gasteiger partial charge in [-0.3, -0.25) is 0 Å². The lowest BCUT2D eigenvalue weighted by Crippen LogP contribution is -1.90. The van der Waals surface area contributed by atoms with Gasteiger partial charge in [-0.1, -0.05) is 17.2 Å². The molecule has 6 heteroatoms. The van der Waals surface area contributed by atoms with E-state index in [2.05, 4.69) is 31.4 Å². The molecule has 0 bridgehead atoms. The Labute approximate surface area is 106 Å². The minimum Gasteiger partial charge on any atom is -0.406 e. The Kier molecular flexibility index (Phi) is 3.46. The molecule has 1 aromatic heterocycles. The van der Waals surface area contributed by atoms with Crippen molar-refractivity contribution < 1.29 is 4.42 Å². The Hall–Kier alpha value is -1.07. The van der Waals surface area contributed by atoms with Gasteiger partial charge in [0.15, 0.2) is 0 Å². The zero-order chi connectivity index (χ0) is 11.5. The van der Waals surface area contributed by atoms with Crippen LogP contribution in [0.25, 0.3) is 0 Å². The summed E-state index contributed by atoms with van der Waals surface area (Å²) in [6.45, 7) is 1.78. The lowest BCUT2D eigenvalue weighted by atomic mass is 10.3. The molecule has 4 nitrogen and oxygen atoms in total. The molecule has 16 heavy (non-hydrogen) atoms. The molecule has 1 N–H and O–H groups in total. The summed E-state index contributed by atoms with van der Waals surface area (Å²) in [6.07, 6.45) is 0. The fraction of sp³-hybridized carbons (Fsp3) is 0.200. The number of hydrogen-bond acceptors (Lipinski definition) is 4. The molecule has 0 aliphatic rings. The molecule has 84 valence electrons. The van der Waals surface area contributed by atoms with Gasteiger partial charge in [0.1, 0.15) is 5.38 Å². The van der Waals surface area contributed by atoms with Crippen LogP contribution in [0.4, 0.5) is 11.7 Å². The van der Waals surface area contributed by atoms with Crippen molar-refractivity contribution in [3.05, 3.63) is 34.6 Å². The first-order valence-electron chi connectivity index (χ1n) is 4.66. The molecule has 2 aromatic rings. The Balaban J connectivity index is 2.18. The highest BCUT2D eigenvalue weighted by Crippen LogP contribution is 2.26. The van der Waals surface area contributed by atoms with Crippen molar-refractivity contribution in [1.82, 2.24) is 10.2 Å². The topological polar surface area (TPSA) is 51.0 Å². The van der Waals surface area contributed by atoms with Crippen molar-refractivity contribution in [2.75, 3.05) is 5.32 Å². The minimum atomic E-state index is -0.290. The summed E-state index contributed by atoms with van der Waals surface area (Å²) < 4.78 is 6.24. The second-order valence-corrected chi connectivity index (χ2v) is 4.68. The number of benzene rings is 1. The van der Waals surface area contributed by atoms with E-state index in [1.165, 1.54) is 0 Å². The number of anilines is 2. The third-order valence-corrected chi connectivity index (χ3v) is 2.77. The molecule has 1 unspecified atom stereocenters. The molecule has 2 rings (SSSR count). The maximum atomic E-state index is 5.82. The fourth-order valence-electron chi connectivity index (χ4n) is 1.12. The highest BCUT2D eigenvalue weighted by Gasteiger charge is 2.11. The van der Waals surface area contributed by atoms with Crippen LogP contribution in [-0.4, -0.2) is 10.2 Å². The number of para-hydroxylation sites is 1. The number of rotatable bonds is 3. The van der Waals surface area contributed by atoms with E-state index >= 15 is 0 Å². The molecular formula is C10H9BrClN3O. The smallest absolute Gasteiger partial charge is 0.320 e. The fourth-order valence-corrected chi connectivity index (χ4v) is 1.60. The summed E-state index contributed by atoms with van der Waals surface area (Å²) in [4.78, 5) is 0. The van der Waals surface area contributed by atoms with Crippen molar-refractivity contribution in [3.8, 4) is 0 Å². The normalized spacial score (nSPS) is 12.4. The molecule has 0 aliphatic heterocycles. The first-order chi connectivity index (χ1) is 7.66. The van der Waals surface area contributed by atoms with Gasteiger partial charge in [-0.25, -0.2) is 0 Å². The summed E-state index contributed by atoms with van der Waals surface area (Å²) in [7, 11) is 0. The Morgan fingerprint density at radius 3 is 2.75 bits per heavy atom. The van der Waals surface area contributed by atoms with Crippen molar-refractivity contribution in [2.24, 2.45) is 0 Å². The van der Waals surface area contributed by atoms with E-state index in [1.807, 2.05) is 24.3 Å². The van der Waals surface area contributed by atoms with E-state index in [4.69, 9.17) is 16.0 Å². The number of aromatic nitrogens is 2. The van der Waals surface area contributed by atoms with E-state index in [-0.39, 0.29) is 5.38 Å². The zero-order valence-corrected chi connectivity index (χ0v) is 10.8. The molecular weight excluding hydrogens is 293 g/mol. The molecule has 0 fully saturated rings. The quantitative estimate of drug-likeness (QED) is 0.874. The molecule has 1 heterocycles. The van der Waals surface area contributed by atoms with Crippen molar-refractivity contribution in [3.63, 3.8) is 0 Å². The van der Waals surface area contributed by atoms with E-state index in [0.717, 1.165) is 10.2 Å². The number of hydrogen-bond donors (Lipinski definition) is 1. The van der Waals surface area contributed by atoms with Crippen LogP contribution in [0.3, 0.4) is 0 Å². The summed E-state index contributed by atoms with van der Waals surface area (Å²) in [5.74, 6) is 0.399. The average Bonchev–Trinajstić information content (AvgIpc) is 2.70. The highest BCUT2D eigenvalue weighted by molar-refractivity contribution is 9.10. The van der Waals surface area contributed by atoms with Crippen molar-refractivity contribution in [2.45, 2.75) is 12.3 Å². The van der Waals surface area contributed by atoms with Gasteiger partial charge in [-0.15, -0.1) is 16.7 Å². The minimum absolute atomic E-state index is 0.290. The first-order valence-corrected chi connectivity index (χ1v) is 5.89. The lowest BCUT2D eigenvalue weighted by molar-refractivity contribution is 0.510. The molecule has 0 aliphatic carbocycles. The predicted molar refractivity (Wildman–Crippen MR) is 66.0 cm³/mol. The zero-order valence-electron chi connectivity index (χ0n) is 8.45. The monoisotopic (exact) mass is 301 g/mol. The van der Waals surface area contributed by atoms with Crippen LogP contribution < -0.4 is 5.32 Å². The lowest BCUT2D eigenvalue weighted by Gasteiger charge is -2.02. The number of alkyl halides is 1. The third-order valence-electron chi connectivity index (χ3n) is 1.90. The van der Waals surface area contributed by atoms with Gasteiger partial charge in [-0.05, 0) is 35.0 Å². The van der Waals surface area contributed by atoms with E-state index in [0.29, 0.717) is 11.9 Å². The van der Waals surface area contributed by atoms with Crippen LogP contribution in [0.15, 0.2) is 33.2 Å². The third kappa shape index (κ3) is 2.54. The molecule has 1 aromatic carbocycles. The van der Waals surface area contributed by atoms with Gasteiger partial charge >= 0.3 is 6.01 Å². The van der Waals surface area contributed by atoms with Gasteiger partial charge in [0.2, 0.25) is 5.89 Å². The van der Waals surface area contributed by atoms with Crippen LogP contribution >= 0.6 is 27.5 Å². The van der Waals surface area contributed by atoms with Crippen LogP contribution in [0.1, 0.15) is 18.2 Å². The maximum Gasteiger partial charge on any atom is 0.320 e. The second kappa shape index (κ2) is 4.84. The Morgan fingerprint density at radius 2 is 2.12 bits per heavy atom. The number of nitrogens with one attached hydrogen (secondary N) is 1. The number of nitrogens with zero attached hydrogens (tertiary/aromatic N) is 2. The molecule has 0 saturated heterocycles. The highest BCUT2D eigenvalue weighted by atomic mass is 79.9. The van der Waals surface area contributed by atoms with E-state index in [1.54, 1.807) is 6.92 Å². The van der Waals surface area contributed by atoms with Crippen LogP contribution in [-0.2, 0) is 0 Å². The Morgan fingerprint density at radius 1 is 1.38 bits per heavy atom. The average molecular weight is 303 g/mol. The molecule has 1 atom stereocenters. The van der Waals surface area contributed by atoms with E-state index in [9.17, 15) is 0 Å². The van der Waals surface area contributed by atoms with Crippen LogP contribution in [0.5, 0.6) is 0 Å². The van der Waals surface area contributed by atoms with Crippen LogP contribution in [0.2, 0.25) is 0 Å². The Bertz CT molecular complexity index is 486. The van der Waals surface area contributed by atoms with Crippen molar-refractivity contribution >= 4 is 39.2 Å². The summed E-state index contributed by atoms with van der Waals surface area (Å²) in [6, 6.07) is 7.99. The second-order valence-electron chi connectivity index (χ2n) is 3.17. The maximum absolute atomic E-state index is 5.82. The van der Waals surface area contributed by atoms with Gasteiger partial charge < -0.3 is 9.73 Å². The standard InChI is InChI=1S/C10H9BrClN3O/c1-6(12)9-14-15-10(16-9)13-8-5-3-2-4-7(8)11/h2-6H,1H3,(H,13,15). The SMILES string of the molecule is CC(Cl)c1nnc(Nc2ccccc2Br)o1. The largest absolute Gasteiger partial charge is 0.406 e. The van der Waals surface area contributed by atoms with Gasteiger partial charge in [0.25, 0.3) is 0 Å². The summed E-state index contributed by atoms with van der Waals surface area (Å²) >= 11 is 9.23. The van der Waals surface area contributed by atoms with Gasteiger partial charge in [0, 0.05) is 4.47 Å². The van der Waals surface area contributed by atoms with E-state index < -0.39 is 0 Å². The first kappa shape index (κ1) is 11.4.